The topological polar surface area (TPSA) is 124 Å². The van der Waals surface area contributed by atoms with Crippen molar-refractivity contribution in [2.75, 3.05) is 32.1 Å². The maximum atomic E-state index is 12.5. The normalized spacial score (nSPS) is 11.7. The summed E-state index contributed by atoms with van der Waals surface area (Å²) in [6.07, 6.45) is 4.80. The van der Waals surface area contributed by atoms with E-state index in [2.05, 4.69) is 20.0 Å². The molecule has 0 saturated carbocycles. The molecule has 0 aliphatic carbocycles. The molecule has 2 rings (SSSR count). The summed E-state index contributed by atoms with van der Waals surface area (Å²) in [5.74, 6) is 0.351. The highest BCUT2D eigenvalue weighted by molar-refractivity contribution is 5.98. The molecule has 1 atom stereocenters. The van der Waals surface area contributed by atoms with Gasteiger partial charge in [-0.3, -0.25) is 9.59 Å². The first-order valence-corrected chi connectivity index (χ1v) is 8.71. The number of ether oxygens (including phenoxy) is 1. The molecule has 0 bridgehead atoms. The van der Waals surface area contributed by atoms with Crippen LogP contribution in [0.1, 0.15) is 29.6 Å². The minimum Gasteiger partial charge on any atom is -0.467 e. The monoisotopic (exact) mass is 375 g/mol. The number of ketones is 1. The molecule has 0 aliphatic heterocycles. The molecule has 3 N–H and O–H groups in total. The van der Waals surface area contributed by atoms with Gasteiger partial charge in [0.1, 0.15) is 12.1 Å². The van der Waals surface area contributed by atoms with Gasteiger partial charge in [-0.1, -0.05) is 0 Å². The van der Waals surface area contributed by atoms with E-state index in [4.69, 9.17) is 10.5 Å². The molecule has 0 fully saturated rings. The summed E-state index contributed by atoms with van der Waals surface area (Å²) in [6, 6.07) is 4.25. The van der Waals surface area contributed by atoms with Crippen molar-refractivity contribution >= 4 is 17.5 Å². The number of carbonyl (C=O) groups is 2. The number of nitrogens with two attached hydrogens (primary N) is 1. The first kappa shape index (κ1) is 20.4. The first-order valence-electron chi connectivity index (χ1n) is 8.71. The Balaban J connectivity index is 1.98. The fourth-order valence-electron chi connectivity index (χ4n) is 2.35. The molecule has 0 spiro atoms. The van der Waals surface area contributed by atoms with E-state index >= 15 is 0 Å². The van der Waals surface area contributed by atoms with Gasteiger partial charge in [-0.05, 0) is 43.1 Å². The second kappa shape index (κ2) is 10.3. The van der Waals surface area contributed by atoms with Gasteiger partial charge in [0, 0.05) is 26.4 Å². The number of anilines is 1. The van der Waals surface area contributed by atoms with Gasteiger partial charge >= 0.3 is 0 Å². The molecule has 2 aromatic heterocycles. The van der Waals surface area contributed by atoms with Crippen molar-refractivity contribution in [3.8, 4) is 5.88 Å². The molecule has 9 nitrogen and oxygen atoms in total. The maximum Gasteiger partial charge on any atom is 0.254 e. The van der Waals surface area contributed by atoms with E-state index in [0.29, 0.717) is 18.5 Å². The number of aromatic nitrogens is 2. The predicted octanol–water partition coefficient (Wildman–Crippen LogP) is 1.01. The largest absolute Gasteiger partial charge is 0.467 e. The summed E-state index contributed by atoms with van der Waals surface area (Å²) in [6.45, 7) is 0.318. The van der Waals surface area contributed by atoms with Crippen LogP contribution in [-0.2, 0) is 4.79 Å². The zero-order valence-electron chi connectivity index (χ0n) is 15.6. The van der Waals surface area contributed by atoms with E-state index in [0.717, 1.165) is 18.7 Å². The van der Waals surface area contributed by atoms with Gasteiger partial charge in [-0.15, -0.1) is 0 Å². The Hall–Kier alpha value is -2.94. The van der Waals surface area contributed by atoms with Gasteiger partial charge < -0.3 is 25.2 Å². The molecule has 0 unspecified atom stereocenters. The van der Waals surface area contributed by atoms with Gasteiger partial charge in [0.25, 0.3) is 11.8 Å². The Bertz CT molecular complexity index is 716. The molecule has 0 aliphatic rings. The third kappa shape index (κ3) is 6.37. The quantitative estimate of drug-likeness (QED) is 0.558. The summed E-state index contributed by atoms with van der Waals surface area (Å²) in [5.41, 5.74) is 5.90. The number of unbranched alkanes of at least 4 members (excludes halogenated alkanes) is 1. The van der Waals surface area contributed by atoms with Crippen LogP contribution in [0.15, 0.2) is 35.2 Å². The number of amides is 1. The molecular weight excluding hydrogens is 350 g/mol. The molecule has 2 heterocycles. The standard InChI is InChI=1S/C18H25N5O4/c1-23(2)16-7-6-13(11-20-16)18(25)21-14(5-3-4-9-19)15(24)12-26-17-8-10-27-22-17/h6-8,10-11,14H,3-5,9,12,19H2,1-2H3,(H,21,25)/t14-/m0/s1. The van der Waals surface area contributed by atoms with Gasteiger partial charge in [0.2, 0.25) is 0 Å². The molecule has 0 aromatic carbocycles. The third-order valence-corrected chi connectivity index (χ3v) is 3.89. The number of carbonyl (C=O) groups excluding carboxylic acids is 2. The second-order valence-electron chi connectivity index (χ2n) is 6.20. The lowest BCUT2D eigenvalue weighted by Gasteiger charge is -2.18. The van der Waals surface area contributed by atoms with Crippen LogP contribution in [0.2, 0.25) is 0 Å². The smallest absolute Gasteiger partial charge is 0.254 e. The fourth-order valence-corrected chi connectivity index (χ4v) is 2.35. The maximum absolute atomic E-state index is 12.5. The first-order chi connectivity index (χ1) is 13.0. The summed E-state index contributed by atoms with van der Waals surface area (Å²) in [7, 11) is 3.73. The number of rotatable bonds is 11. The minimum absolute atomic E-state index is 0.210. The summed E-state index contributed by atoms with van der Waals surface area (Å²) in [5, 5.41) is 6.35. The van der Waals surface area contributed by atoms with Crippen LogP contribution in [-0.4, -0.2) is 55.1 Å². The van der Waals surface area contributed by atoms with Crippen molar-refractivity contribution in [2.45, 2.75) is 25.3 Å². The molecule has 0 saturated heterocycles. The van der Waals surface area contributed by atoms with E-state index in [-0.39, 0.29) is 24.2 Å². The molecule has 27 heavy (non-hydrogen) atoms. The van der Waals surface area contributed by atoms with E-state index in [1.165, 1.54) is 18.5 Å². The number of hydrogen-bond donors (Lipinski definition) is 2. The summed E-state index contributed by atoms with van der Waals surface area (Å²) >= 11 is 0. The van der Waals surface area contributed by atoms with Crippen LogP contribution < -0.4 is 20.7 Å². The van der Waals surface area contributed by atoms with Crippen LogP contribution >= 0.6 is 0 Å². The average Bonchev–Trinajstić information content (AvgIpc) is 3.19. The predicted molar refractivity (Wildman–Crippen MR) is 99.7 cm³/mol. The minimum atomic E-state index is -0.676. The zero-order valence-corrected chi connectivity index (χ0v) is 15.6. The van der Waals surface area contributed by atoms with Crippen molar-refractivity contribution in [3.63, 3.8) is 0 Å². The van der Waals surface area contributed by atoms with Crippen LogP contribution in [0.5, 0.6) is 5.88 Å². The van der Waals surface area contributed by atoms with E-state index in [1.54, 1.807) is 12.1 Å². The average molecular weight is 375 g/mol. The lowest BCUT2D eigenvalue weighted by Crippen LogP contribution is -2.43. The van der Waals surface area contributed by atoms with Gasteiger partial charge in [0.15, 0.2) is 12.4 Å². The number of hydrogen-bond acceptors (Lipinski definition) is 8. The van der Waals surface area contributed by atoms with Crippen molar-refractivity contribution in [1.82, 2.24) is 15.5 Å². The van der Waals surface area contributed by atoms with Gasteiger partial charge in [-0.2, -0.15) is 0 Å². The summed E-state index contributed by atoms with van der Waals surface area (Å²) in [4.78, 5) is 31.0. The van der Waals surface area contributed by atoms with Crippen LogP contribution in [0.4, 0.5) is 5.82 Å². The van der Waals surface area contributed by atoms with Crippen molar-refractivity contribution in [2.24, 2.45) is 5.73 Å². The Morgan fingerprint density at radius 1 is 1.30 bits per heavy atom. The number of pyridine rings is 1. The molecule has 9 heteroatoms. The molecule has 146 valence electrons. The van der Waals surface area contributed by atoms with E-state index < -0.39 is 6.04 Å². The molecular formula is C18H25N5O4. The number of nitrogens with zero attached hydrogens (tertiary/aromatic N) is 3. The van der Waals surface area contributed by atoms with Crippen LogP contribution in [0.25, 0.3) is 0 Å². The molecule has 1 amide bonds. The summed E-state index contributed by atoms with van der Waals surface area (Å²) < 4.78 is 9.93. The van der Waals surface area contributed by atoms with E-state index in [1.807, 2.05) is 19.0 Å². The van der Waals surface area contributed by atoms with Crippen LogP contribution in [0.3, 0.4) is 0 Å². The lowest BCUT2D eigenvalue weighted by molar-refractivity contribution is -0.123. The fraction of sp³-hybridized carbons (Fsp3) is 0.444. The van der Waals surface area contributed by atoms with Crippen molar-refractivity contribution < 1.29 is 18.8 Å². The Kier molecular flexibility index (Phi) is 7.75. The number of nitrogens with one attached hydrogen (secondary N) is 1. The molecule has 2 aromatic rings. The second-order valence-corrected chi connectivity index (χ2v) is 6.20. The Labute approximate surface area is 157 Å². The van der Waals surface area contributed by atoms with Gasteiger partial charge in [0.05, 0.1) is 11.6 Å². The van der Waals surface area contributed by atoms with E-state index in [9.17, 15) is 9.59 Å². The highest BCUT2D eigenvalue weighted by Gasteiger charge is 2.22. The van der Waals surface area contributed by atoms with Crippen molar-refractivity contribution in [3.05, 3.63) is 36.2 Å². The zero-order chi connectivity index (χ0) is 19.6. The third-order valence-electron chi connectivity index (χ3n) is 3.89. The molecule has 0 radical (unpaired) electrons. The van der Waals surface area contributed by atoms with Crippen molar-refractivity contribution in [1.29, 1.82) is 0 Å². The lowest BCUT2D eigenvalue weighted by atomic mass is 10.0. The highest BCUT2D eigenvalue weighted by atomic mass is 16.5. The Morgan fingerprint density at radius 3 is 2.70 bits per heavy atom. The SMILES string of the molecule is CN(C)c1ccc(C(=O)N[C@@H](CCCCN)C(=O)COc2ccon2)cn1. The number of Topliss-reactive ketones (excluding diaryl/α,β-unsaturated/α-hetero) is 1. The van der Waals surface area contributed by atoms with Crippen LogP contribution in [0, 0.1) is 0 Å². The highest BCUT2D eigenvalue weighted by Crippen LogP contribution is 2.10. The van der Waals surface area contributed by atoms with Gasteiger partial charge in [-0.25, -0.2) is 4.98 Å². The Morgan fingerprint density at radius 2 is 2.11 bits per heavy atom.